The van der Waals surface area contributed by atoms with Crippen molar-refractivity contribution in [3.05, 3.63) is 78.8 Å². The summed E-state index contributed by atoms with van der Waals surface area (Å²) in [6, 6.07) is 21.1. The van der Waals surface area contributed by atoms with Crippen molar-refractivity contribution in [1.29, 1.82) is 0 Å². The van der Waals surface area contributed by atoms with Crippen LogP contribution in [0.5, 0.6) is 0 Å². The van der Waals surface area contributed by atoms with Crippen LogP contribution in [0.25, 0.3) is 21.9 Å². The molecular formula is C32H35N9O. The van der Waals surface area contributed by atoms with Gasteiger partial charge >= 0.3 is 0 Å². The predicted octanol–water partition coefficient (Wildman–Crippen LogP) is 4.82. The topological polar surface area (TPSA) is 104 Å². The Kier molecular flexibility index (Phi) is 7.36. The lowest BCUT2D eigenvalue weighted by Gasteiger charge is -2.32. The summed E-state index contributed by atoms with van der Waals surface area (Å²) in [7, 11) is 0. The molecule has 10 nitrogen and oxygen atoms in total. The highest BCUT2D eigenvalue weighted by Gasteiger charge is 2.23. The van der Waals surface area contributed by atoms with Crippen LogP contribution in [0.1, 0.15) is 31.2 Å². The minimum atomic E-state index is 0.222. The fraction of sp³-hybridized carbons (Fsp3) is 0.344. The van der Waals surface area contributed by atoms with Gasteiger partial charge in [0.05, 0.1) is 6.33 Å². The third kappa shape index (κ3) is 5.62. The molecule has 214 valence electrons. The molecule has 2 N–H and O–H groups in total. The van der Waals surface area contributed by atoms with Crippen LogP contribution in [0, 0.1) is 0 Å². The molecule has 2 saturated heterocycles. The van der Waals surface area contributed by atoms with Crippen molar-refractivity contribution < 1.29 is 4.79 Å². The molecule has 0 radical (unpaired) electrons. The Morgan fingerprint density at radius 3 is 2.52 bits per heavy atom. The van der Waals surface area contributed by atoms with Gasteiger partial charge in [-0.15, -0.1) is 0 Å². The molecule has 0 spiro atoms. The summed E-state index contributed by atoms with van der Waals surface area (Å²) in [6.45, 7) is 5.10. The lowest BCUT2D eigenvalue weighted by molar-refractivity contribution is -0.127. The van der Waals surface area contributed by atoms with Crippen LogP contribution in [-0.4, -0.2) is 72.4 Å². The van der Waals surface area contributed by atoms with Gasteiger partial charge in [-0.25, -0.2) is 9.97 Å². The average molecular weight is 562 g/mol. The van der Waals surface area contributed by atoms with Crippen molar-refractivity contribution in [2.45, 2.75) is 44.8 Å². The maximum Gasteiger partial charge on any atom is 0.232 e. The molecule has 2 fully saturated rings. The number of rotatable bonds is 9. The second-order valence-electron chi connectivity index (χ2n) is 11.2. The Morgan fingerprint density at radius 2 is 1.69 bits per heavy atom. The first-order valence-corrected chi connectivity index (χ1v) is 14.8. The Morgan fingerprint density at radius 1 is 0.857 bits per heavy atom. The summed E-state index contributed by atoms with van der Waals surface area (Å²) in [4.78, 5) is 35.8. The number of carbonyl (C=O) groups is 1. The SMILES string of the molecule is O=C1CCCN1CCn1cnc2c(NC3CCN(Cc4ccccc4)CC3)nc(Nc3nccc4ccccc34)nc21. The molecule has 0 bridgehead atoms. The quantitative estimate of drug-likeness (QED) is 0.264. The van der Waals surface area contributed by atoms with E-state index in [2.05, 4.69) is 56.9 Å². The van der Waals surface area contributed by atoms with Crippen molar-refractivity contribution in [2.75, 3.05) is 36.8 Å². The molecular weight excluding hydrogens is 526 g/mol. The third-order valence-corrected chi connectivity index (χ3v) is 8.33. The van der Waals surface area contributed by atoms with Crippen molar-refractivity contribution in [2.24, 2.45) is 0 Å². The first-order valence-electron chi connectivity index (χ1n) is 14.8. The molecule has 1 amide bonds. The number of benzene rings is 2. The number of piperidine rings is 1. The lowest BCUT2D eigenvalue weighted by Crippen LogP contribution is -2.38. The van der Waals surface area contributed by atoms with E-state index in [9.17, 15) is 4.79 Å². The Balaban J connectivity index is 1.14. The molecule has 5 heterocycles. The van der Waals surface area contributed by atoms with Crippen molar-refractivity contribution >= 4 is 45.4 Å². The standard InChI is InChI=1S/C32H35N9O/c42-27-11-6-16-40(27)19-20-41-22-34-28-30(35-25-13-17-39(18-14-25)21-23-7-2-1-3-8-23)37-32(38-31(28)41)36-29-26-10-5-4-9-24(26)12-15-33-29/h1-5,7-10,12,15,22,25H,6,11,13-14,16-21H2,(H2,33,35,36,37,38). The molecule has 2 aliphatic rings. The summed E-state index contributed by atoms with van der Waals surface area (Å²) in [6.07, 6.45) is 7.21. The van der Waals surface area contributed by atoms with Crippen LogP contribution in [0.4, 0.5) is 17.6 Å². The highest BCUT2D eigenvalue weighted by Crippen LogP contribution is 2.28. The van der Waals surface area contributed by atoms with E-state index < -0.39 is 0 Å². The smallest absolute Gasteiger partial charge is 0.232 e. The molecule has 42 heavy (non-hydrogen) atoms. The van der Waals surface area contributed by atoms with Gasteiger partial charge in [0.15, 0.2) is 17.0 Å². The van der Waals surface area contributed by atoms with Crippen molar-refractivity contribution in [1.82, 2.24) is 34.3 Å². The first kappa shape index (κ1) is 26.3. The van der Waals surface area contributed by atoms with Gasteiger partial charge in [0, 0.05) is 63.3 Å². The minimum Gasteiger partial charge on any atom is -0.365 e. The van der Waals surface area contributed by atoms with E-state index in [1.54, 1.807) is 6.20 Å². The summed E-state index contributed by atoms with van der Waals surface area (Å²) in [5, 5.41) is 9.19. The van der Waals surface area contributed by atoms with Gasteiger partial charge < -0.3 is 20.1 Å². The van der Waals surface area contributed by atoms with Crippen LogP contribution in [0.2, 0.25) is 0 Å². The second kappa shape index (κ2) is 11.7. The fourth-order valence-corrected chi connectivity index (χ4v) is 6.03. The van der Waals surface area contributed by atoms with Gasteiger partial charge in [0.1, 0.15) is 5.82 Å². The van der Waals surface area contributed by atoms with Crippen molar-refractivity contribution in [3.63, 3.8) is 0 Å². The average Bonchev–Trinajstić information content (AvgIpc) is 3.63. The van der Waals surface area contributed by atoms with E-state index >= 15 is 0 Å². The third-order valence-electron chi connectivity index (χ3n) is 8.33. The number of hydrogen-bond donors (Lipinski definition) is 2. The zero-order valence-electron chi connectivity index (χ0n) is 23.6. The number of hydrogen-bond acceptors (Lipinski definition) is 8. The van der Waals surface area contributed by atoms with Crippen LogP contribution in [0.15, 0.2) is 73.2 Å². The molecule has 10 heteroatoms. The number of fused-ring (bicyclic) bond motifs is 2. The highest BCUT2D eigenvalue weighted by molar-refractivity contribution is 5.93. The van der Waals surface area contributed by atoms with E-state index in [4.69, 9.17) is 15.0 Å². The maximum absolute atomic E-state index is 12.2. The number of nitrogens with one attached hydrogen (secondary N) is 2. The predicted molar refractivity (Wildman–Crippen MR) is 165 cm³/mol. The Hall–Kier alpha value is -4.57. The minimum absolute atomic E-state index is 0.222. The fourth-order valence-electron chi connectivity index (χ4n) is 6.03. The monoisotopic (exact) mass is 561 g/mol. The van der Waals surface area contributed by atoms with E-state index in [-0.39, 0.29) is 11.9 Å². The van der Waals surface area contributed by atoms with E-state index in [0.29, 0.717) is 31.3 Å². The number of carbonyl (C=O) groups excluding carboxylic acids is 1. The Labute approximate surface area is 244 Å². The van der Waals surface area contributed by atoms with Crippen LogP contribution >= 0.6 is 0 Å². The summed E-state index contributed by atoms with van der Waals surface area (Å²) < 4.78 is 2.03. The summed E-state index contributed by atoms with van der Waals surface area (Å²) in [5.74, 6) is 2.12. The molecule has 2 aromatic carbocycles. The zero-order chi connectivity index (χ0) is 28.3. The number of nitrogens with zero attached hydrogens (tertiary/aromatic N) is 7. The zero-order valence-corrected chi connectivity index (χ0v) is 23.6. The van der Waals surface area contributed by atoms with Crippen LogP contribution in [0.3, 0.4) is 0 Å². The number of aromatic nitrogens is 5. The number of imidazole rings is 1. The van der Waals surface area contributed by atoms with E-state index in [0.717, 1.165) is 73.2 Å². The lowest BCUT2D eigenvalue weighted by atomic mass is 10.0. The van der Waals surface area contributed by atoms with Gasteiger partial charge in [-0.1, -0.05) is 54.6 Å². The Bertz CT molecular complexity index is 1690. The number of amides is 1. The number of pyridine rings is 1. The molecule has 3 aromatic heterocycles. The highest BCUT2D eigenvalue weighted by atomic mass is 16.2. The normalized spacial score (nSPS) is 16.5. The largest absolute Gasteiger partial charge is 0.365 e. The molecule has 7 rings (SSSR count). The maximum atomic E-state index is 12.2. The molecule has 0 atom stereocenters. The number of anilines is 3. The number of likely N-dealkylation sites (tertiary alicyclic amines) is 2. The molecule has 0 unspecified atom stereocenters. The van der Waals surface area contributed by atoms with Gasteiger partial charge in [-0.05, 0) is 36.3 Å². The molecule has 5 aromatic rings. The van der Waals surface area contributed by atoms with E-state index in [1.807, 2.05) is 40.1 Å². The molecule has 2 aliphatic heterocycles. The summed E-state index contributed by atoms with van der Waals surface area (Å²) >= 11 is 0. The first-order chi connectivity index (χ1) is 20.7. The van der Waals surface area contributed by atoms with Crippen molar-refractivity contribution in [3.8, 4) is 0 Å². The second-order valence-corrected chi connectivity index (χ2v) is 11.2. The van der Waals surface area contributed by atoms with Gasteiger partial charge in [-0.3, -0.25) is 9.69 Å². The van der Waals surface area contributed by atoms with Gasteiger partial charge in [-0.2, -0.15) is 9.97 Å². The molecule has 0 saturated carbocycles. The van der Waals surface area contributed by atoms with Gasteiger partial charge in [0.25, 0.3) is 0 Å². The molecule has 0 aliphatic carbocycles. The summed E-state index contributed by atoms with van der Waals surface area (Å²) in [5.41, 5.74) is 2.83. The van der Waals surface area contributed by atoms with Crippen LogP contribution in [-0.2, 0) is 17.9 Å². The van der Waals surface area contributed by atoms with E-state index in [1.165, 1.54) is 5.56 Å². The van der Waals surface area contributed by atoms with Gasteiger partial charge in [0.2, 0.25) is 11.9 Å². The van der Waals surface area contributed by atoms with Crippen LogP contribution < -0.4 is 10.6 Å².